The van der Waals surface area contributed by atoms with Crippen LogP contribution in [0.1, 0.15) is 77.6 Å². The molecule has 0 rings (SSSR count). The van der Waals surface area contributed by atoms with E-state index in [1.807, 2.05) is 0 Å². The molecular weight excluding hydrogens is 260 g/mol. The fraction of sp³-hybridized carbons (Fsp3) is 0.867. The van der Waals surface area contributed by atoms with Gasteiger partial charge in [0.05, 0.1) is 0 Å². The molecule has 0 N–H and O–H groups in total. The van der Waals surface area contributed by atoms with Gasteiger partial charge in [0.1, 0.15) is 0 Å². The van der Waals surface area contributed by atoms with Crippen molar-refractivity contribution < 1.29 is 0 Å². The molecule has 0 nitrogen and oxygen atoms in total. The second-order valence-electron chi connectivity index (χ2n) is 4.60. The van der Waals surface area contributed by atoms with Gasteiger partial charge in [-0.25, -0.2) is 0 Å². The molecule has 0 saturated heterocycles. The molecule has 16 heavy (non-hydrogen) atoms. The summed E-state index contributed by atoms with van der Waals surface area (Å²) in [6, 6.07) is 0. The Morgan fingerprint density at radius 1 is 0.688 bits per heavy atom. The van der Waals surface area contributed by atoms with Gasteiger partial charge in [-0.3, -0.25) is 0 Å². The van der Waals surface area contributed by atoms with Crippen molar-refractivity contribution in [1.82, 2.24) is 0 Å². The Labute approximate surface area is 111 Å². The van der Waals surface area contributed by atoms with Crippen LogP contribution in [0, 0.1) is 0 Å². The fourth-order valence-electron chi connectivity index (χ4n) is 1.93. The first-order valence-corrected chi connectivity index (χ1v) is 8.25. The van der Waals surface area contributed by atoms with Crippen LogP contribution in [-0.2, 0) is 0 Å². The molecule has 0 aromatic rings. The number of rotatable bonds is 12. The molecule has 0 radical (unpaired) electrons. The summed E-state index contributed by atoms with van der Waals surface area (Å²) < 4.78 is 0. The van der Waals surface area contributed by atoms with Gasteiger partial charge in [0.25, 0.3) is 0 Å². The van der Waals surface area contributed by atoms with E-state index < -0.39 is 0 Å². The zero-order valence-electron chi connectivity index (χ0n) is 11.0. The number of hydrogen-bond acceptors (Lipinski definition) is 0. The lowest BCUT2D eigenvalue weighted by Crippen LogP contribution is -1.81. The second kappa shape index (κ2) is 15.2. The predicted octanol–water partition coefficient (Wildman–Crippen LogP) is 6.25. The Balaban J connectivity index is 2.90. The summed E-state index contributed by atoms with van der Waals surface area (Å²) in [4.78, 5) is 0. The average molecular weight is 289 g/mol. The van der Waals surface area contributed by atoms with Crippen LogP contribution < -0.4 is 0 Å². The lowest BCUT2D eigenvalue weighted by atomic mass is 10.1. The minimum absolute atomic E-state index is 1.00. The van der Waals surface area contributed by atoms with E-state index in [0.29, 0.717) is 0 Å². The monoisotopic (exact) mass is 288 g/mol. The molecular formula is C15H29Br. The van der Waals surface area contributed by atoms with Crippen LogP contribution >= 0.6 is 15.9 Å². The topological polar surface area (TPSA) is 0 Å². The smallest absolute Gasteiger partial charge is 0.0212 e. The zero-order valence-corrected chi connectivity index (χ0v) is 12.6. The first-order valence-electron chi connectivity index (χ1n) is 7.12. The number of halogens is 1. The minimum atomic E-state index is 1.00. The van der Waals surface area contributed by atoms with E-state index in [1.165, 1.54) is 70.6 Å². The molecule has 0 aliphatic heterocycles. The molecule has 0 bridgehead atoms. The molecule has 0 aromatic heterocycles. The van der Waals surface area contributed by atoms with Gasteiger partial charge in [0.2, 0.25) is 0 Å². The molecule has 0 heterocycles. The number of alkyl halides is 1. The predicted molar refractivity (Wildman–Crippen MR) is 79.4 cm³/mol. The van der Waals surface area contributed by atoms with E-state index in [0.717, 1.165) is 5.33 Å². The van der Waals surface area contributed by atoms with Gasteiger partial charge in [-0.15, -0.1) is 0 Å². The maximum Gasteiger partial charge on any atom is 0.0212 e. The average Bonchev–Trinajstić information content (AvgIpc) is 2.31. The quantitative estimate of drug-likeness (QED) is 0.226. The van der Waals surface area contributed by atoms with Gasteiger partial charge in [0.15, 0.2) is 0 Å². The second-order valence-corrected chi connectivity index (χ2v) is 5.24. The van der Waals surface area contributed by atoms with Gasteiger partial charge < -0.3 is 0 Å². The highest BCUT2D eigenvalue weighted by atomic mass is 79.9. The van der Waals surface area contributed by atoms with Gasteiger partial charge in [0, 0.05) is 5.33 Å². The molecule has 1 heteroatoms. The van der Waals surface area contributed by atoms with Crippen molar-refractivity contribution >= 4 is 15.9 Å². The number of unbranched alkanes of at least 4 members (excludes halogenated alkanes) is 10. The van der Waals surface area contributed by atoms with Gasteiger partial charge >= 0.3 is 0 Å². The Bertz CT molecular complexity index is 140. The van der Waals surface area contributed by atoms with Crippen molar-refractivity contribution in [3.8, 4) is 0 Å². The van der Waals surface area contributed by atoms with Crippen LogP contribution in [0.2, 0.25) is 0 Å². The fourth-order valence-corrected chi connectivity index (χ4v) is 2.19. The van der Waals surface area contributed by atoms with Crippen LogP contribution in [0.5, 0.6) is 0 Å². The van der Waals surface area contributed by atoms with Gasteiger partial charge in [-0.05, 0) is 12.8 Å². The number of hydrogen-bond donors (Lipinski definition) is 0. The van der Waals surface area contributed by atoms with Gasteiger partial charge in [-0.2, -0.15) is 0 Å². The SMILES string of the molecule is CCCCCCCCCCCC/C=C/CBr. The lowest BCUT2D eigenvalue weighted by Gasteiger charge is -2.01. The van der Waals surface area contributed by atoms with Crippen molar-refractivity contribution in [2.45, 2.75) is 77.6 Å². The molecule has 0 unspecified atom stereocenters. The van der Waals surface area contributed by atoms with E-state index in [2.05, 4.69) is 35.0 Å². The summed E-state index contributed by atoms with van der Waals surface area (Å²) in [5.74, 6) is 0. The first kappa shape index (κ1) is 16.2. The summed E-state index contributed by atoms with van der Waals surface area (Å²) in [7, 11) is 0. The molecule has 0 amide bonds. The van der Waals surface area contributed by atoms with Crippen molar-refractivity contribution in [3.63, 3.8) is 0 Å². The van der Waals surface area contributed by atoms with E-state index in [1.54, 1.807) is 0 Å². The largest absolute Gasteiger partial charge is 0.0883 e. The van der Waals surface area contributed by atoms with Crippen molar-refractivity contribution in [1.29, 1.82) is 0 Å². The van der Waals surface area contributed by atoms with Crippen LogP contribution in [0.25, 0.3) is 0 Å². The van der Waals surface area contributed by atoms with Crippen molar-refractivity contribution in [2.75, 3.05) is 5.33 Å². The van der Waals surface area contributed by atoms with Crippen molar-refractivity contribution in [2.24, 2.45) is 0 Å². The van der Waals surface area contributed by atoms with Crippen LogP contribution in [0.3, 0.4) is 0 Å². The maximum atomic E-state index is 3.39. The summed E-state index contributed by atoms with van der Waals surface area (Å²) in [5, 5.41) is 1.00. The number of allylic oxidation sites excluding steroid dienone is 2. The molecule has 96 valence electrons. The third-order valence-electron chi connectivity index (χ3n) is 2.98. The molecule has 0 fully saturated rings. The molecule has 0 spiro atoms. The van der Waals surface area contributed by atoms with Crippen LogP contribution in [0.4, 0.5) is 0 Å². The first-order chi connectivity index (χ1) is 7.91. The highest BCUT2D eigenvalue weighted by molar-refractivity contribution is 9.09. The lowest BCUT2D eigenvalue weighted by molar-refractivity contribution is 0.557. The summed E-state index contributed by atoms with van der Waals surface area (Å²) >= 11 is 3.39. The highest BCUT2D eigenvalue weighted by Crippen LogP contribution is 2.11. The zero-order chi connectivity index (χ0) is 11.9. The molecule has 0 saturated carbocycles. The van der Waals surface area contributed by atoms with E-state index in [4.69, 9.17) is 0 Å². The Morgan fingerprint density at radius 2 is 1.19 bits per heavy atom. The van der Waals surface area contributed by atoms with E-state index in [-0.39, 0.29) is 0 Å². The van der Waals surface area contributed by atoms with E-state index >= 15 is 0 Å². The Hall–Kier alpha value is 0.220. The summed E-state index contributed by atoms with van der Waals surface area (Å²) in [6.45, 7) is 2.28. The van der Waals surface area contributed by atoms with Gasteiger partial charge in [-0.1, -0.05) is 92.8 Å². The van der Waals surface area contributed by atoms with Crippen molar-refractivity contribution in [3.05, 3.63) is 12.2 Å². The Morgan fingerprint density at radius 3 is 1.69 bits per heavy atom. The third kappa shape index (κ3) is 14.2. The highest BCUT2D eigenvalue weighted by Gasteiger charge is 1.91. The van der Waals surface area contributed by atoms with Crippen LogP contribution in [-0.4, -0.2) is 5.33 Å². The van der Waals surface area contributed by atoms with Crippen LogP contribution in [0.15, 0.2) is 12.2 Å². The maximum absolute atomic E-state index is 3.39. The summed E-state index contributed by atoms with van der Waals surface area (Å²) in [5.41, 5.74) is 0. The molecule has 0 aliphatic carbocycles. The molecule has 0 aromatic carbocycles. The summed E-state index contributed by atoms with van der Waals surface area (Å²) in [6.07, 6.45) is 20.1. The Kier molecular flexibility index (Phi) is 15.4. The van der Waals surface area contributed by atoms with E-state index in [9.17, 15) is 0 Å². The molecule has 0 atom stereocenters. The normalized spacial score (nSPS) is 11.4. The third-order valence-corrected chi connectivity index (χ3v) is 3.35. The minimum Gasteiger partial charge on any atom is -0.0883 e. The molecule has 0 aliphatic rings. The standard InChI is InChI=1S/C15H29Br/c1-2-3-4-5-6-7-8-9-10-11-12-13-14-15-16/h13-14H,2-12,15H2,1H3/b14-13+.